The Balaban J connectivity index is 1.79. The molecule has 5 heteroatoms. The third-order valence-corrected chi connectivity index (χ3v) is 3.65. The summed E-state index contributed by atoms with van der Waals surface area (Å²) < 4.78 is 10.5. The summed E-state index contributed by atoms with van der Waals surface area (Å²) in [5.74, 6) is -1.51. The molecule has 4 unspecified atom stereocenters. The van der Waals surface area contributed by atoms with Gasteiger partial charge < -0.3 is 14.6 Å². The summed E-state index contributed by atoms with van der Waals surface area (Å²) in [6.07, 6.45) is 4.52. The van der Waals surface area contributed by atoms with Gasteiger partial charge in [-0.2, -0.15) is 0 Å². The normalized spacial score (nSPS) is 31.4. The molecule has 0 amide bonds. The third kappa shape index (κ3) is 2.87. The van der Waals surface area contributed by atoms with Crippen molar-refractivity contribution < 1.29 is 24.2 Å². The van der Waals surface area contributed by atoms with Crippen LogP contribution in [0.4, 0.5) is 0 Å². The van der Waals surface area contributed by atoms with E-state index in [4.69, 9.17) is 9.47 Å². The van der Waals surface area contributed by atoms with Crippen molar-refractivity contribution in [1.82, 2.24) is 0 Å². The molecule has 0 heterocycles. The molecule has 0 aromatic carbocycles. The van der Waals surface area contributed by atoms with Crippen LogP contribution in [0, 0.1) is 17.8 Å². The highest BCUT2D eigenvalue weighted by Crippen LogP contribution is 2.45. The van der Waals surface area contributed by atoms with Gasteiger partial charge >= 0.3 is 11.9 Å². The Bertz CT molecular complexity index is 426. The van der Waals surface area contributed by atoms with E-state index < -0.39 is 17.9 Å². The van der Waals surface area contributed by atoms with E-state index in [0.29, 0.717) is 5.57 Å². The molecule has 1 fully saturated rings. The minimum atomic E-state index is -0.819. The van der Waals surface area contributed by atoms with E-state index in [1.165, 1.54) is 0 Å². The van der Waals surface area contributed by atoms with Gasteiger partial charge in [-0.15, -0.1) is 0 Å². The van der Waals surface area contributed by atoms with E-state index in [1.54, 1.807) is 6.92 Å². The maximum absolute atomic E-state index is 11.2. The first kappa shape index (κ1) is 13.8. The van der Waals surface area contributed by atoms with Crippen LogP contribution in [0.1, 0.15) is 13.3 Å². The molecule has 0 spiro atoms. The number of carbonyl (C=O) groups is 2. The fourth-order valence-electron chi connectivity index (χ4n) is 2.77. The zero-order valence-corrected chi connectivity index (χ0v) is 10.9. The molecule has 0 aromatic rings. The van der Waals surface area contributed by atoms with Gasteiger partial charge in [0.05, 0.1) is 18.6 Å². The van der Waals surface area contributed by atoms with Crippen LogP contribution in [0.3, 0.4) is 0 Å². The van der Waals surface area contributed by atoms with Crippen molar-refractivity contribution >= 4 is 11.9 Å². The standard InChI is InChI=1S/C14H18O5/c1-8(2)14(17)19-6-5-18-12-10-4-3-9(7-10)11(12)13(15)16/h3-4,9-12H,1,5-7H2,2H3,(H,15,16). The Morgan fingerprint density at radius 3 is 2.63 bits per heavy atom. The fourth-order valence-corrected chi connectivity index (χ4v) is 2.77. The second-order valence-electron chi connectivity index (χ2n) is 5.06. The molecule has 2 aliphatic rings. The van der Waals surface area contributed by atoms with Gasteiger partial charge in [0.25, 0.3) is 0 Å². The molecule has 0 saturated heterocycles. The van der Waals surface area contributed by atoms with E-state index in [9.17, 15) is 14.7 Å². The van der Waals surface area contributed by atoms with Crippen molar-refractivity contribution in [2.75, 3.05) is 13.2 Å². The minimum absolute atomic E-state index is 0.0745. The summed E-state index contributed by atoms with van der Waals surface area (Å²) in [5, 5.41) is 9.21. The summed E-state index contributed by atoms with van der Waals surface area (Å²) in [6.45, 7) is 5.38. The van der Waals surface area contributed by atoms with Crippen LogP contribution >= 0.6 is 0 Å². The molecular formula is C14H18O5. The minimum Gasteiger partial charge on any atom is -0.481 e. The van der Waals surface area contributed by atoms with Crippen LogP contribution in [-0.4, -0.2) is 36.4 Å². The molecule has 0 aliphatic heterocycles. The smallest absolute Gasteiger partial charge is 0.333 e. The van der Waals surface area contributed by atoms with Crippen LogP contribution in [-0.2, 0) is 19.1 Å². The summed E-state index contributed by atoms with van der Waals surface area (Å²) in [4.78, 5) is 22.4. The van der Waals surface area contributed by atoms with Gasteiger partial charge in [0.15, 0.2) is 0 Å². The summed E-state index contributed by atoms with van der Waals surface area (Å²) >= 11 is 0. The van der Waals surface area contributed by atoms with Crippen molar-refractivity contribution in [1.29, 1.82) is 0 Å². The van der Waals surface area contributed by atoms with Crippen molar-refractivity contribution in [2.24, 2.45) is 17.8 Å². The van der Waals surface area contributed by atoms with Crippen LogP contribution in [0.25, 0.3) is 0 Å². The van der Waals surface area contributed by atoms with Crippen LogP contribution in [0.15, 0.2) is 24.3 Å². The van der Waals surface area contributed by atoms with Crippen molar-refractivity contribution in [3.8, 4) is 0 Å². The van der Waals surface area contributed by atoms with E-state index in [2.05, 4.69) is 6.58 Å². The number of carboxylic acid groups (broad SMARTS) is 1. The van der Waals surface area contributed by atoms with Crippen LogP contribution in [0.5, 0.6) is 0 Å². The number of carbonyl (C=O) groups excluding carboxylic acids is 1. The molecule has 19 heavy (non-hydrogen) atoms. The van der Waals surface area contributed by atoms with Gasteiger partial charge in [-0.05, 0) is 19.3 Å². The Kier molecular flexibility index (Phi) is 4.04. The summed E-state index contributed by atoms with van der Waals surface area (Å²) in [6, 6.07) is 0. The lowest BCUT2D eigenvalue weighted by molar-refractivity contribution is -0.151. The van der Waals surface area contributed by atoms with Crippen molar-refractivity contribution in [2.45, 2.75) is 19.4 Å². The quantitative estimate of drug-likeness (QED) is 0.340. The number of esters is 1. The van der Waals surface area contributed by atoms with E-state index in [1.807, 2.05) is 12.2 Å². The Labute approximate surface area is 111 Å². The first-order valence-electron chi connectivity index (χ1n) is 6.36. The molecule has 2 rings (SSSR count). The topological polar surface area (TPSA) is 72.8 Å². The second-order valence-corrected chi connectivity index (χ2v) is 5.06. The highest BCUT2D eigenvalue weighted by molar-refractivity contribution is 5.86. The zero-order chi connectivity index (χ0) is 14.0. The number of carboxylic acids is 1. The number of fused-ring (bicyclic) bond motifs is 2. The van der Waals surface area contributed by atoms with Gasteiger partial charge in [-0.25, -0.2) is 4.79 Å². The zero-order valence-electron chi connectivity index (χ0n) is 10.9. The van der Waals surface area contributed by atoms with Gasteiger partial charge in [0.1, 0.15) is 6.61 Å². The molecule has 1 N–H and O–H groups in total. The number of hydrogen-bond donors (Lipinski definition) is 1. The predicted molar refractivity (Wildman–Crippen MR) is 67.4 cm³/mol. The number of hydrogen-bond acceptors (Lipinski definition) is 4. The molecule has 5 nitrogen and oxygen atoms in total. The van der Waals surface area contributed by atoms with Crippen molar-refractivity contribution in [3.05, 3.63) is 24.3 Å². The maximum Gasteiger partial charge on any atom is 0.333 e. The Morgan fingerprint density at radius 2 is 2.00 bits per heavy atom. The van der Waals surface area contributed by atoms with E-state index in [-0.39, 0.29) is 31.2 Å². The summed E-state index contributed by atoms with van der Waals surface area (Å²) in [7, 11) is 0. The molecular weight excluding hydrogens is 248 g/mol. The Morgan fingerprint density at radius 1 is 1.32 bits per heavy atom. The molecule has 104 valence electrons. The molecule has 4 atom stereocenters. The number of allylic oxidation sites excluding steroid dienone is 1. The lowest BCUT2D eigenvalue weighted by Gasteiger charge is -2.24. The van der Waals surface area contributed by atoms with Gasteiger partial charge in [-0.1, -0.05) is 18.7 Å². The third-order valence-electron chi connectivity index (χ3n) is 3.65. The lowest BCUT2D eigenvalue weighted by atomic mass is 9.91. The van der Waals surface area contributed by atoms with Gasteiger partial charge in [-0.3, -0.25) is 4.79 Å². The largest absolute Gasteiger partial charge is 0.481 e. The first-order chi connectivity index (χ1) is 9.00. The SMILES string of the molecule is C=C(C)C(=O)OCCOC1C2C=CC(C2)C1C(=O)O. The maximum atomic E-state index is 11.2. The van der Waals surface area contributed by atoms with Gasteiger partial charge in [0, 0.05) is 11.5 Å². The van der Waals surface area contributed by atoms with E-state index >= 15 is 0 Å². The highest BCUT2D eigenvalue weighted by Gasteiger charge is 2.49. The Hall–Kier alpha value is -1.62. The molecule has 2 bridgehead atoms. The van der Waals surface area contributed by atoms with Crippen molar-refractivity contribution in [3.63, 3.8) is 0 Å². The molecule has 1 saturated carbocycles. The van der Waals surface area contributed by atoms with E-state index in [0.717, 1.165) is 6.42 Å². The summed E-state index contributed by atoms with van der Waals surface area (Å²) in [5.41, 5.74) is 0.339. The average molecular weight is 266 g/mol. The average Bonchev–Trinajstić information content (AvgIpc) is 2.94. The first-order valence-corrected chi connectivity index (χ1v) is 6.36. The van der Waals surface area contributed by atoms with Gasteiger partial charge in [0.2, 0.25) is 0 Å². The lowest BCUT2D eigenvalue weighted by Crippen LogP contribution is -2.34. The molecule has 0 aromatic heterocycles. The fraction of sp³-hybridized carbons (Fsp3) is 0.571. The van der Waals surface area contributed by atoms with Crippen LogP contribution in [0.2, 0.25) is 0 Å². The predicted octanol–water partition coefficient (Wildman–Crippen LogP) is 1.40. The number of ether oxygens (including phenoxy) is 2. The second kappa shape index (κ2) is 5.57. The number of aliphatic carboxylic acids is 1. The molecule has 2 aliphatic carbocycles. The molecule has 0 radical (unpaired) electrons. The van der Waals surface area contributed by atoms with Crippen LogP contribution < -0.4 is 0 Å². The highest BCUT2D eigenvalue weighted by atomic mass is 16.6. The monoisotopic (exact) mass is 266 g/mol. The number of rotatable bonds is 6.